The average molecular weight is 266 g/mol. The van der Waals surface area contributed by atoms with Crippen molar-refractivity contribution in [2.75, 3.05) is 18.0 Å². The largest absolute Gasteiger partial charge is 0.371 e. The van der Waals surface area contributed by atoms with Gasteiger partial charge in [0.05, 0.1) is 11.0 Å². The molecule has 1 saturated heterocycles. The Labute approximate surface area is 112 Å². The lowest BCUT2D eigenvalue weighted by Crippen LogP contribution is -2.33. The molecule has 0 amide bonds. The SMILES string of the molecule is CCCC1CCN(c2cc(F)cc([N+](=O)[O-])c2)CC1. The molecule has 5 heteroatoms. The van der Waals surface area contributed by atoms with Gasteiger partial charge in [-0.05, 0) is 24.8 Å². The summed E-state index contributed by atoms with van der Waals surface area (Å²) in [6.07, 6.45) is 4.59. The number of anilines is 1. The molecule has 2 rings (SSSR count). The highest BCUT2D eigenvalue weighted by atomic mass is 19.1. The summed E-state index contributed by atoms with van der Waals surface area (Å²) in [6, 6.07) is 3.81. The van der Waals surface area contributed by atoms with Crippen LogP contribution in [0.2, 0.25) is 0 Å². The summed E-state index contributed by atoms with van der Waals surface area (Å²) >= 11 is 0. The van der Waals surface area contributed by atoms with E-state index < -0.39 is 10.7 Å². The standard InChI is InChI=1S/C14H19FN2O2/c1-2-3-11-4-6-16(7-5-11)13-8-12(15)9-14(10-13)17(18)19/h8-11H,2-7H2,1H3. The van der Waals surface area contributed by atoms with E-state index in [2.05, 4.69) is 6.92 Å². The van der Waals surface area contributed by atoms with E-state index in [0.717, 1.165) is 37.9 Å². The van der Waals surface area contributed by atoms with E-state index in [1.165, 1.54) is 25.0 Å². The van der Waals surface area contributed by atoms with Gasteiger partial charge >= 0.3 is 0 Å². The molecule has 1 aliphatic rings. The first kappa shape index (κ1) is 13.8. The number of hydrogen-bond donors (Lipinski definition) is 0. The van der Waals surface area contributed by atoms with E-state index in [-0.39, 0.29) is 5.69 Å². The van der Waals surface area contributed by atoms with E-state index in [1.54, 1.807) is 0 Å². The summed E-state index contributed by atoms with van der Waals surface area (Å²) in [5.41, 5.74) is 0.451. The fraction of sp³-hybridized carbons (Fsp3) is 0.571. The van der Waals surface area contributed by atoms with Crippen molar-refractivity contribution in [2.24, 2.45) is 5.92 Å². The van der Waals surface area contributed by atoms with Gasteiger partial charge in [0.15, 0.2) is 0 Å². The molecule has 1 aliphatic heterocycles. The fourth-order valence-electron chi connectivity index (χ4n) is 2.74. The Morgan fingerprint density at radius 1 is 1.37 bits per heavy atom. The highest BCUT2D eigenvalue weighted by molar-refractivity contribution is 5.53. The molecular weight excluding hydrogens is 247 g/mol. The maximum Gasteiger partial charge on any atom is 0.274 e. The Balaban J connectivity index is 2.09. The maximum atomic E-state index is 13.4. The topological polar surface area (TPSA) is 46.4 Å². The fourth-order valence-corrected chi connectivity index (χ4v) is 2.74. The van der Waals surface area contributed by atoms with Crippen LogP contribution in [0.4, 0.5) is 15.8 Å². The van der Waals surface area contributed by atoms with Crippen molar-refractivity contribution in [1.82, 2.24) is 0 Å². The van der Waals surface area contributed by atoms with Crippen LogP contribution in [0, 0.1) is 21.8 Å². The second-order valence-electron chi connectivity index (χ2n) is 5.14. The molecule has 1 fully saturated rings. The van der Waals surface area contributed by atoms with Crippen LogP contribution in [0.1, 0.15) is 32.6 Å². The number of nitro benzene ring substituents is 1. The third kappa shape index (κ3) is 3.43. The molecule has 0 bridgehead atoms. The zero-order chi connectivity index (χ0) is 13.8. The summed E-state index contributed by atoms with van der Waals surface area (Å²) < 4.78 is 13.4. The molecule has 0 radical (unpaired) electrons. The molecule has 0 unspecified atom stereocenters. The Bertz CT molecular complexity index is 457. The van der Waals surface area contributed by atoms with Gasteiger partial charge < -0.3 is 4.90 Å². The molecule has 1 aromatic rings. The van der Waals surface area contributed by atoms with E-state index in [9.17, 15) is 14.5 Å². The van der Waals surface area contributed by atoms with Crippen LogP contribution in [0.15, 0.2) is 18.2 Å². The third-order valence-electron chi connectivity index (χ3n) is 3.75. The number of halogens is 1. The minimum atomic E-state index is -0.545. The Morgan fingerprint density at radius 2 is 2.05 bits per heavy atom. The lowest BCUT2D eigenvalue weighted by Gasteiger charge is -2.33. The van der Waals surface area contributed by atoms with Crippen molar-refractivity contribution in [3.8, 4) is 0 Å². The number of benzene rings is 1. The van der Waals surface area contributed by atoms with E-state index >= 15 is 0 Å². The number of nitro groups is 1. The van der Waals surface area contributed by atoms with Crippen LogP contribution < -0.4 is 4.90 Å². The van der Waals surface area contributed by atoms with Crippen molar-refractivity contribution in [3.63, 3.8) is 0 Å². The van der Waals surface area contributed by atoms with Crippen molar-refractivity contribution >= 4 is 11.4 Å². The second kappa shape index (κ2) is 5.99. The van der Waals surface area contributed by atoms with Crippen LogP contribution in [-0.2, 0) is 0 Å². The minimum Gasteiger partial charge on any atom is -0.371 e. The van der Waals surface area contributed by atoms with Gasteiger partial charge in [-0.3, -0.25) is 10.1 Å². The molecule has 4 nitrogen and oxygen atoms in total. The van der Waals surface area contributed by atoms with Gasteiger partial charge in [-0.2, -0.15) is 0 Å². The smallest absolute Gasteiger partial charge is 0.274 e. The number of hydrogen-bond acceptors (Lipinski definition) is 3. The molecule has 0 atom stereocenters. The molecule has 0 N–H and O–H groups in total. The van der Waals surface area contributed by atoms with Crippen LogP contribution in [0.3, 0.4) is 0 Å². The quantitative estimate of drug-likeness (QED) is 0.616. The van der Waals surface area contributed by atoms with Crippen molar-refractivity contribution in [3.05, 3.63) is 34.1 Å². The van der Waals surface area contributed by atoms with Crippen LogP contribution in [-0.4, -0.2) is 18.0 Å². The second-order valence-corrected chi connectivity index (χ2v) is 5.14. The van der Waals surface area contributed by atoms with Gasteiger partial charge in [-0.15, -0.1) is 0 Å². The average Bonchev–Trinajstić information content (AvgIpc) is 2.39. The first-order valence-corrected chi connectivity index (χ1v) is 6.80. The number of piperidine rings is 1. The normalized spacial score (nSPS) is 16.6. The Kier molecular flexibility index (Phi) is 4.35. The molecule has 1 heterocycles. The van der Waals surface area contributed by atoms with Gasteiger partial charge in [0.1, 0.15) is 5.82 Å². The summed E-state index contributed by atoms with van der Waals surface area (Å²) in [5, 5.41) is 10.7. The minimum absolute atomic E-state index is 0.175. The first-order chi connectivity index (χ1) is 9.10. The van der Waals surface area contributed by atoms with Gasteiger partial charge in [0, 0.05) is 24.8 Å². The maximum absolute atomic E-state index is 13.4. The lowest BCUT2D eigenvalue weighted by molar-refractivity contribution is -0.385. The highest BCUT2D eigenvalue weighted by Gasteiger charge is 2.20. The molecular formula is C14H19FN2O2. The summed E-state index contributed by atoms with van der Waals surface area (Å²) in [7, 11) is 0. The summed E-state index contributed by atoms with van der Waals surface area (Å²) in [4.78, 5) is 12.2. The highest BCUT2D eigenvalue weighted by Crippen LogP contribution is 2.29. The van der Waals surface area contributed by atoms with Crippen LogP contribution >= 0.6 is 0 Å². The number of rotatable bonds is 4. The van der Waals surface area contributed by atoms with Crippen LogP contribution in [0.5, 0.6) is 0 Å². The first-order valence-electron chi connectivity index (χ1n) is 6.80. The van der Waals surface area contributed by atoms with E-state index in [1.807, 2.05) is 4.90 Å². The van der Waals surface area contributed by atoms with Crippen molar-refractivity contribution in [1.29, 1.82) is 0 Å². The van der Waals surface area contributed by atoms with Crippen LogP contribution in [0.25, 0.3) is 0 Å². The lowest BCUT2D eigenvalue weighted by atomic mass is 9.92. The predicted molar refractivity (Wildman–Crippen MR) is 72.9 cm³/mol. The predicted octanol–water partition coefficient (Wildman–Crippen LogP) is 3.75. The molecule has 104 valence electrons. The van der Waals surface area contributed by atoms with Crippen molar-refractivity contribution in [2.45, 2.75) is 32.6 Å². The summed E-state index contributed by atoms with van der Waals surface area (Å²) in [6.45, 7) is 3.89. The molecule has 0 aliphatic carbocycles. The molecule has 0 aromatic heterocycles. The molecule has 0 spiro atoms. The molecule has 19 heavy (non-hydrogen) atoms. The number of non-ortho nitro benzene ring substituents is 1. The summed E-state index contributed by atoms with van der Waals surface area (Å²) in [5.74, 6) is 0.199. The van der Waals surface area contributed by atoms with Crippen molar-refractivity contribution < 1.29 is 9.31 Å². The Morgan fingerprint density at radius 3 is 2.63 bits per heavy atom. The van der Waals surface area contributed by atoms with Gasteiger partial charge in [-0.1, -0.05) is 19.8 Å². The third-order valence-corrected chi connectivity index (χ3v) is 3.75. The van der Waals surface area contributed by atoms with Gasteiger partial charge in [-0.25, -0.2) is 4.39 Å². The van der Waals surface area contributed by atoms with Gasteiger partial charge in [0.2, 0.25) is 0 Å². The molecule has 1 aromatic carbocycles. The van der Waals surface area contributed by atoms with Gasteiger partial charge in [0.25, 0.3) is 5.69 Å². The number of nitrogens with zero attached hydrogens (tertiary/aromatic N) is 2. The Hall–Kier alpha value is -1.65. The van der Waals surface area contributed by atoms with E-state index in [4.69, 9.17) is 0 Å². The molecule has 0 saturated carbocycles. The zero-order valence-corrected chi connectivity index (χ0v) is 11.1. The zero-order valence-electron chi connectivity index (χ0n) is 11.1. The monoisotopic (exact) mass is 266 g/mol. The van der Waals surface area contributed by atoms with E-state index in [0.29, 0.717) is 5.69 Å².